The summed E-state index contributed by atoms with van der Waals surface area (Å²) in [6.45, 7) is 5.76. The second-order valence-electron chi connectivity index (χ2n) is 8.85. The minimum absolute atomic E-state index is 0.0395. The topological polar surface area (TPSA) is 97.1 Å². The predicted molar refractivity (Wildman–Crippen MR) is 141 cm³/mol. The van der Waals surface area contributed by atoms with Gasteiger partial charge in [-0.2, -0.15) is 10.1 Å². The fourth-order valence-corrected chi connectivity index (χ4v) is 4.63. The van der Waals surface area contributed by atoms with E-state index in [1.54, 1.807) is 23.0 Å². The number of hydrogen-bond donors (Lipinski definition) is 2. The molecule has 4 rings (SSSR count). The fraction of sp³-hybridized carbons (Fsp3) is 0.185. The molecule has 1 aromatic heterocycles. The normalized spacial score (nSPS) is 13.1. The number of aliphatic imine (C=N–C) groups is 1. The number of nitrogens with two attached hydrogens (primary N) is 1. The lowest BCUT2D eigenvalue weighted by Crippen LogP contribution is -2.33. The highest BCUT2D eigenvalue weighted by Gasteiger charge is 2.39. The number of halogens is 1. The largest absolute Gasteiger partial charge is 0.378 e. The third kappa shape index (κ3) is 4.88. The second kappa shape index (κ2) is 9.84. The Morgan fingerprint density at radius 1 is 1.17 bits per heavy atom. The van der Waals surface area contributed by atoms with Crippen LogP contribution in [0, 0.1) is 23.6 Å². The number of rotatable bonds is 6. The van der Waals surface area contributed by atoms with Crippen LogP contribution in [0.5, 0.6) is 0 Å². The highest BCUT2D eigenvalue weighted by molar-refractivity contribution is 8.24. The number of nitrogens with zero attached hydrogens (tertiary/aromatic N) is 3. The molecule has 1 amide bonds. The zero-order chi connectivity index (χ0) is 25.2. The molecule has 1 heterocycles. The van der Waals surface area contributed by atoms with Crippen LogP contribution in [0.1, 0.15) is 36.5 Å². The van der Waals surface area contributed by atoms with Crippen molar-refractivity contribution in [3.8, 4) is 5.69 Å². The lowest BCUT2D eigenvalue weighted by molar-refractivity contribution is -0.126. The van der Waals surface area contributed by atoms with E-state index in [1.807, 2.05) is 63.2 Å². The molecule has 0 aliphatic heterocycles. The molecule has 4 aromatic rings. The number of benzene rings is 3. The fourth-order valence-electron chi connectivity index (χ4n) is 4.37. The molecule has 1 atom stereocenters. The molecule has 35 heavy (non-hydrogen) atoms. The summed E-state index contributed by atoms with van der Waals surface area (Å²) < 4.78 is 15.2. The summed E-state index contributed by atoms with van der Waals surface area (Å²) in [6, 6.07) is 20.2. The van der Waals surface area contributed by atoms with Crippen LogP contribution in [0.25, 0.3) is 16.6 Å². The summed E-state index contributed by atoms with van der Waals surface area (Å²) in [6.07, 6.45) is 1.77. The van der Waals surface area contributed by atoms with Crippen LogP contribution in [0.4, 0.5) is 4.39 Å². The van der Waals surface area contributed by atoms with Crippen LogP contribution in [-0.4, -0.2) is 26.4 Å². The quantitative estimate of drug-likeness (QED) is 0.265. The number of amidine groups is 1. The van der Waals surface area contributed by atoms with Crippen molar-refractivity contribution in [2.24, 2.45) is 16.1 Å². The van der Waals surface area contributed by atoms with Gasteiger partial charge < -0.3 is 11.1 Å². The molecule has 0 aliphatic rings. The SMILES string of the molecule is Cc1ccccc1C(c1ccc2c(cnn2-c2ccc(F)cc2)c1)C(C)(C)C(=O)N=C(N)SC=N. The molecule has 0 fully saturated rings. The Morgan fingerprint density at radius 3 is 2.57 bits per heavy atom. The lowest BCUT2D eigenvalue weighted by atomic mass is 9.69. The molecule has 3 N–H and O–H groups in total. The van der Waals surface area contributed by atoms with Gasteiger partial charge in [0.25, 0.3) is 5.91 Å². The van der Waals surface area contributed by atoms with Gasteiger partial charge in [0.1, 0.15) is 5.82 Å². The van der Waals surface area contributed by atoms with Gasteiger partial charge in [-0.1, -0.05) is 44.2 Å². The first-order valence-corrected chi connectivity index (χ1v) is 11.9. The van der Waals surface area contributed by atoms with Crippen molar-refractivity contribution in [1.29, 1.82) is 5.41 Å². The van der Waals surface area contributed by atoms with Gasteiger partial charge in [-0.3, -0.25) is 4.79 Å². The third-order valence-electron chi connectivity index (χ3n) is 6.16. The highest BCUT2D eigenvalue weighted by Crippen LogP contribution is 2.44. The Hall–Kier alpha value is -3.78. The molecule has 0 spiro atoms. The first kappa shape index (κ1) is 24.3. The van der Waals surface area contributed by atoms with Crippen molar-refractivity contribution >= 4 is 39.3 Å². The van der Waals surface area contributed by atoms with E-state index in [0.717, 1.165) is 50.6 Å². The summed E-state index contributed by atoms with van der Waals surface area (Å²) in [4.78, 5) is 17.4. The molecule has 3 aromatic carbocycles. The molecule has 0 bridgehead atoms. The van der Waals surface area contributed by atoms with Crippen molar-refractivity contribution in [2.45, 2.75) is 26.7 Å². The van der Waals surface area contributed by atoms with Crippen LogP contribution in [0.15, 0.2) is 77.9 Å². The molecular formula is C27H26FN5OS. The number of hydrogen-bond acceptors (Lipinski definition) is 4. The molecule has 0 radical (unpaired) electrons. The number of amides is 1. The van der Waals surface area contributed by atoms with Gasteiger partial charge >= 0.3 is 0 Å². The minimum Gasteiger partial charge on any atom is -0.378 e. The average Bonchev–Trinajstić information content (AvgIpc) is 3.24. The van der Waals surface area contributed by atoms with E-state index in [-0.39, 0.29) is 22.8 Å². The maximum absolute atomic E-state index is 13.4. The standard InChI is InChI=1S/C27H26FN5OS/c1-17-6-4-5-7-22(17)24(27(2,3)25(34)32-26(30)35-16-29)18-8-13-23-19(14-18)15-31-33(23)21-11-9-20(28)10-12-21/h4-16,24,29H,1-3H3,(H2,30,32,34). The number of nitrogens with one attached hydrogen (secondary N) is 1. The summed E-state index contributed by atoms with van der Waals surface area (Å²) in [5.41, 5.74) is 10.6. The zero-order valence-electron chi connectivity index (χ0n) is 19.7. The molecule has 0 aliphatic carbocycles. The van der Waals surface area contributed by atoms with Crippen molar-refractivity contribution in [1.82, 2.24) is 9.78 Å². The number of carbonyl (C=O) groups excluding carboxylic acids is 1. The number of fused-ring (bicyclic) bond motifs is 1. The Kier molecular flexibility index (Phi) is 6.84. The summed E-state index contributed by atoms with van der Waals surface area (Å²) in [5.74, 6) is -0.973. The van der Waals surface area contributed by atoms with Crippen molar-refractivity contribution < 1.29 is 9.18 Å². The third-order valence-corrected chi connectivity index (χ3v) is 6.61. The Morgan fingerprint density at radius 2 is 1.89 bits per heavy atom. The van der Waals surface area contributed by atoms with Gasteiger partial charge in [-0.25, -0.2) is 9.07 Å². The van der Waals surface area contributed by atoms with Crippen molar-refractivity contribution in [3.63, 3.8) is 0 Å². The summed E-state index contributed by atoms with van der Waals surface area (Å²) in [5, 5.41) is 12.7. The molecule has 6 nitrogen and oxygen atoms in total. The number of aryl methyl sites for hydroxylation is 1. The van der Waals surface area contributed by atoms with Crippen molar-refractivity contribution in [3.05, 3.63) is 95.4 Å². The van der Waals surface area contributed by atoms with Gasteiger partial charge in [0.15, 0.2) is 5.17 Å². The highest BCUT2D eigenvalue weighted by atomic mass is 32.2. The van der Waals surface area contributed by atoms with E-state index in [1.165, 1.54) is 12.1 Å². The van der Waals surface area contributed by atoms with E-state index in [2.05, 4.69) is 10.1 Å². The first-order valence-electron chi connectivity index (χ1n) is 11.1. The monoisotopic (exact) mass is 487 g/mol. The van der Waals surface area contributed by atoms with Crippen LogP contribution in [-0.2, 0) is 4.79 Å². The Balaban J connectivity index is 1.83. The van der Waals surface area contributed by atoms with Gasteiger partial charge in [-0.05, 0) is 71.8 Å². The van der Waals surface area contributed by atoms with Gasteiger partial charge in [0.05, 0.1) is 28.4 Å². The Labute approximate surface area is 207 Å². The molecular weight excluding hydrogens is 461 g/mol. The maximum atomic E-state index is 13.4. The zero-order valence-corrected chi connectivity index (χ0v) is 20.5. The van der Waals surface area contributed by atoms with Crippen LogP contribution < -0.4 is 5.73 Å². The Bertz CT molecular complexity index is 1430. The maximum Gasteiger partial charge on any atom is 0.254 e. The van der Waals surface area contributed by atoms with E-state index in [0.29, 0.717) is 0 Å². The summed E-state index contributed by atoms with van der Waals surface area (Å²) in [7, 11) is 0. The molecule has 1 unspecified atom stereocenters. The van der Waals surface area contributed by atoms with E-state index in [9.17, 15) is 9.18 Å². The van der Waals surface area contributed by atoms with Gasteiger partial charge in [-0.15, -0.1) is 0 Å². The van der Waals surface area contributed by atoms with Gasteiger partial charge in [0, 0.05) is 11.3 Å². The van der Waals surface area contributed by atoms with Crippen LogP contribution >= 0.6 is 11.8 Å². The minimum atomic E-state index is -0.931. The summed E-state index contributed by atoms with van der Waals surface area (Å²) >= 11 is 0.900. The molecule has 8 heteroatoms. The van der Waals surface area contributed by atoms with Crippen LogP contribution in [0.2, 0.25) is 0 Å². The van der Waals surface area contributed by atoms with E-state index < -0.39 is 5.41 Å². The first-order chi connectivity index (χ1) is 16.7. The average molecular weight is 488 g/mol. The van der Waals surface area contributed by atoms with Crippen LogP contribution in [0.3, 0.4) is 0 Å². The molecule has 0 saturated carbocycles. The predicted octanol–water partition coefficient (Wildman–Crippen LogP) is 5.81. The van der Waals surface area contributed by atoms with Crippen molar-refractivity contribution in [2.75, 3.05) is 0 Å². The second-order valence-corrected chi connectivity index (χ2v) is 9.74. The van der Waals surface area contributed by atoms with E-state index in [4.69, 9.17) is 11.1 Å². The molecule has 0 saturated heterocycles. The lowest BCUT2D eigenvalue weighted by Gasteiger charge is -2.33. The number of carbonyl (C=O) groups is 1. The van der Waals surface area contributed by atoms with Gasteiger partial charge in [0.2, 0.25) is 0 Å². The molecule has 178 valence electrons. The number of thioether (sulfide) groups is 1. The van der Waals surface area contributed by atoms with E-state index >= 15 is 0 Å². The smallest absolute Gasteiger partial charge is 0.254 e. The number of aromatic nitrogens is 2.